The molecule has 0 aromatic carbocycles. The quantitative estimate of drug-likeness (QED) is 0.845. The van der Waals surface area contributed by atoms with E-state index in [1.54, 1.807) is 6.33 Å². The van der Waals surface area contributed by atoms with Crippen molar-refractivity contribution >= 4 is 11.8 Å². The molecular formula is C13H17N3O2. The lowest BCUT2D eigenvalue weighted by atomic mass is 9.69. The Hall–Kier alpha value is -1.65. The van der Waals surface area contributed by atoms with Gasteiger partial charge in [0.05, 0.1) is 5.41 Å². The summed E-state index contributed by atoms with van der Waals surface area (Å²) in [4.78, 5) is 19.8. The number of carboxylic acid groups (broad SMARTS) is 1. The van der Waals surface area contributed by atoms with E-state index in [0.29, 0.717) is 6.54 Å². The molecule has 0 spiro atoms. The van der Waals surface area contributed by atoms with E-state index in [4.69, 9.17) is 0 Å². The summed E-state index contributed by atoms with van der Waals surface area (Å²) in [5.74, 6) is 0.150. The van der Waals surface area contributed by atoms with Crippen molar-refractivity contribution in [1.82, 2.24) is 9.97 Å². The third-order valence-corrected chi connectivity index (χ3v) is 4.23. The second kappa shape index (κ2) is 4.23. The Bertz CT molecular complexity index is 483. The van der Waals surface area contributed by atoms with Gasteiger partial charge in [-0.1, -0.05) is 6.42 Å². The van der Waals surface area contributed by atoms with Crippen LogP contribution in [0.5, 0.6) is 0 Å². The number of nitrogens with one attached hydrogen (secondary N) is 1. The van der Waals surface area contributed by atoms with Crippen molar-refractivity contribution in [3.05, 3.63) is 17.6 Å². The molecule has 96 valence electrons. The van der Waals surface area contributed by atoms with E-state index in [0.717, 1.165) is 50.0 Å². The fraction of sp³-hybridized carbons (Fsp3) is 0.615. The zero-order valence-electron chi connectivity index (χ0n) is 10.3. The maximum Gasteiger partial charge on any atom is 0.311 e. The number of aryl methyl sites for hydroxylation is 1. The van der Waals surface area contributed by atoms with Gasteiger partial charge < -0.3 is 10.4 Å². The van der Waals surface area contributed by atoms with E-state index in [1.807, 2.05) is 0 Å². The van der Waals surface area contributed by atoms with Crippen molar-refractivity contribution in [3.63, 3.8) is 0 Å². The van der Waals surface area contributed by atoms with Gasteiger partial charge in [0.2, 0.25) is 0 Å². The van der Waals surface area contributed by atoms with Crippen molar-refractivity contribution in [2.75, 3.05) is 11.9 Å². The number of anilines is 1. The lowest BCUT2D eigenvalue weighted by molar-refractivity contribution is -0.153. The number of carbonyl (C=O) groups is 1. The lowest BCUT2D eigenvalue weighted by Crippen LogP contribution is -2.43. The fourth-order valence-electron chi connectivity index (χ4n) is 2.83. The van der Waals surface area contributed by atoms with Crippen LogP contribution in [0.25, 0.3) is 0 Å². The normalized spacial score (nSPS) is 20.0. The smallest absolute Gasteiger partial charge is 0.311 e. The van der Waals surface area contributed by atoms with Gasteiger partial charge >= 0.3 is 5.97 Å². The summed E-state index contributed by atoms with van der Waals surface area (Å²) in [6.07, 6.45) is 7.24. The third kappa shape index (κ3) is 1.74. The van der Waals surface area contributed by atoms with Crippen LogP contribution in [-0.2, 0) is 17.6 Å². The first-order chi connectivity index (χ1) is 8.71. The molecule has 2 aliphatic rings. The first kappa shape index (κ1) is 11.4. The van der Waals surface area contributed by atoms with E-state index >= 15 is 0 Å². The van der Waals surface area contributed by atoms with Gasteiger partial charge in [0.15, 0.2) is 0 Å². The van der Waals surface area contributed by atoms with Crippen LogP contribution in [0, 0.1) is 5.41 Å². The zero-order valence-corrected chi connectivity index (χ0v) is 10.3. The topological polar surface area (TPSA) is 75.1 Å². The second-order valence-electron chi connectivity index (χ2n) is 5.29. The SMILES string of the molecule is O=C(O)C1(CNc2ncnc3c2CCC3)CCC1. The minimum atomic E-state index is -0.688. The van der Waals surface area contributed by atoms with Crippen molar-refractivity contribution in [2.24, 2.45) is 5.41 Å². The van der Waals surface area contributed by atoms with Crippen molar-refractivity contribution in [2.45, 2.75) is 38.5 Å². The molecule has 18 heavy (non-hydrogen) atoms. The number of fused-ring (bicyclic) bond motifs is 1. The van der Waals surface area contributed by atoms with Crippen LogP contribution in [0.3, 0.4) is 0 Å². The van der Waals surface area contributed by atoms with Gasteiger partial charge in [0.1, 0.15) is 12.1 Å². The van der Waals surface area contributed by atoms with Crippen LogP contribution in [0.1, 0.15) is 36.9 Å². The Kier molecular flexibility index (Phi) is 2.69. The Morgan fingerprint density at radius 3 is 2.83 bits per heavy atom. The molecule has 0 saturated heterocycles. The highest BCUT2D eigenvalue weighted by Crippen LogP contribution is 2.41. The highest BCUT2D eigenvalue weighted by atomic mass is 16.4. The second-order valence-corrected chi connectivity index (χ2v) is 5.29. The van der Waals surface area contributed by atoms with Crippen LogP contribution in [0.4, 0.5) is 5.82 Å². The highest BCUT2D eigenvalue weighted by molar-refractivity contribution is 5.76. The maximum absolute atomic E-state index is 11.3. The Morgan fingerprint density at radius 2 is 2.17 bits per heavy atom. The molecule has 1 aromatic heterocycles. The molecule has 0 bridgehead atoms. The largest absolute Gasteiger partial charge is 0.481 e. The van der Waals surface area contributed by atoms with E-state index in [2.05, 4.69) is 15.3 Å². The monoisotopic (exact) mass is 247 g/mol. The molecule has 1 fully saturated rings. The predicted molar refractivity (Wildman–Crippen MR) is 66.5 cm³/mol. The van der Waals surface area contributed by atoms with Crippen molar-refractivity contribution in [1.29, 1.82) is 0 Å². The zero-order chi connectivity index (χ0) is 12.6. The fourth-order valence-corrected chi connectivity index (χ4v) is 2.83. The van der Waals surface area contributed by atoms with Crippen LogP contribution < -0.4 is 5.32 Å². The molecule has 0 amide bonds. The van der Waals surface area contributed by atoms with Gasteiger partial charge in [-0.05, 0) is 32.1 Å². The standard InChI is InChI=1S/C13H17N3O2/c17-12(18)13(5-2-6-13)7-14-11-9-3-1-4-10(9)15-8-16-11/h8H,1-7H2,(H,17,18)(H,14,15,16). The van der Waals surface area contributed by atoms with Crippen LogP contribution >= 0.6 is 0 Å². The van der Waals surface area contributed by atoms with Gasteiger partial charge in [-0.2, -0.15) is 0 Å². The molecule has 5 nitrogen and oxygen atoms in total. The molecule has 3 rings (SSSR count). The Balaban J connectivity index is 1.74. The summed E-state index contributed by atoms with van der Waals surface area (Å²) in [6, 6.07) is 0. The number of hydrogen-bond donors (Lipinski definition) is 2. The average molecular weight is 247 g/mol. The number of nitrogens with zero attached hydrogens (tertiary/aromatic N) is 2. The molecule has 0 unspecified atom stereocenters. The van der Waals surface area contributed by atoms with Gasteiger partial charge in [0, 0.05) is 17.8 Å². The molecule has 1 saturated carbocycles. The van der Waals surface area contributed by atoms with E-state index < -0.39 is 11.4 Å². The summed E-state index contributed by atoms with van der Waals surface area (Å²) in [5.41, 5.74) is 1.72. The van der Waals surface area contributed by atoms with E-state index in [1.165, 1.54) is 5.56 Å². The minimum absolute atomic E-state index is 0.478. The van der Waals surface area contributed by atoms with Crippen LogP contribution in [0.15, 0.2) is 6.33 Å². The summed E-state index contributed by atoms with van der Waals surface area (Å²) in [6.45, 7) is 0.478. The average Bonchev–Trinajstić information content (AvgIpc) is 2.75. The molecule has 0 radical (unpaired) electrons. The number of aromatic nitrogens is 2. The molecule has 2 aliphatic carbocycles. The van der Waals surface area contributed by atoms with Crippen molar-refractivity contribution < 1.29 is 9.90 Å². The molecule has 0 aliphatic heterocycles. The summed E-state index contributed by atoms with van der Waals surface area (Å²) in [7, 11) is 0. The number of rotatable bonds is 4. The third-order valence-electron chi connectivity index (χ3n) is 4.23. The van der Waals surface area contributed by atoms with E-state index in [9.17, 15) is 9.90 Å². The highest BCUT2D eigenvalue weighted by Gasteiger charge is 2.44. The molecule has 5 heteroatoms. The van der Waals surface area contributed by atoms with Crippen LogP contribution in [0.2, 0.25) is 0 Å². The van der Waals surface area contributed by atoms with Crippen LogP contribution in [-0.4, -0.2) is 27.6 Å². The van der Waals surface area contributed by atoms with Gasteiger partial charge in [-0.25, -0.2) is 9.97 Å². The number of aliphatic carboxylic acids is 1. The summed E-state index contributed by atoms with van der Waals surface area (Å²) < 4.78 is 0. The summed E-state index contributed by atoms with van der Waals surface area (Å²) >= 11 is 0. The van der Waals surface area contributed by atoms with E-state index in [-0.39, 0.29) is 0 Å². The Morgan fingerprint density at radius 1 is 1.33 bits per heavy atom. The first-order valence-corrected chi connectivity index (χ1v) is 6.51. The van der Waals surface area contributed by atoms with Gasteiger partial charge in [-0.3, -0.25) is 4.79 Å². The minimum Gasteiger partial charge on any atom is -0.481 e. The molecule has 0 atom stereocenters. The molecular weight excluding hydrogens is 230 g/mol. The predicted octanol–water partition coefficient (Wildman–Crippen LogP) is 1.63. The maximum atomic E-state index is 11.3. The van der Waals surface area contributed by atoms with Crippen molar-refractivity contribution in [3.8, 4) is 0 Å². The molecule has 2 N–H and O–H groups in total. The molecule has 1 aromatic rings. The number of hydrogen-bond acceptors (Lipinski definition) is 4. The summed E-state index contributed by atoms with van der Waals surface area (Å²) in [5, 5.41) is 12.5. The Labute approximate surface area is 106 Å². The van der Waals surface area contributed by atoms with Gasteiger partial charge in [-0.15, -0.1) is 0 Å². The first-order valence-electron chi connectivity index (χ1n) is 6.51. The molecule has 1 heterocycles. The number of carboxylic acids is 1. The van der Waals surface area contributed by atoms with Gasteiger partial charge in [0.25, 0.3) is 0 Å². The lowest BCUT2D eigenvalue weighted by Gasteiger charge is -2.37.